The molecule has 0 spiro atoms. The lowest BCUT2D eigenvalue weighted by molar-refractivity contribution is 0.363. The molecule has 0 saturated carbocycles. The number of nitrogens with zero attached hydrogens (tertiary/aromatic N) is 10. The lowest BCUT2D eigenvalue weighted by Gasteiger charge is -2.39. The lowest BCUT2D eigenvalue weighted by Crippen LogP contribution is -2.48. The zero-order chi connectivity index (χ0) is 24.8. The van der Waals surface area contributed by atoms with Crippen LogP contribution in [0.3, 0.4) is 0 Å². The Kier molecular flexibility index (Phi) is 5.25. The molecule has 0 bridgehead atoms. The highest BCUT2D eigenvalue weighted by Crippen LogP contribution is 2.28. The second-order valence-corrected chi connectivity index (χ2v) is 9.11. The molecule has 12 nitrogen and oxygen atoms in total. The van der Waals surface area contributed by atoms with Crippen LogP contribution in [0.4, 0.5) is 5.95 Å². The molecular formula is C24H25N11O. The van der Waals surface area contributed by atoms with Gasteiger partial charge < -0.3 is 14.5 Å². The van der Waals surface area contributed by atoms with Gasteiger partial charge in [-0.15, -0.1) is 10.2 Å². The maximum Gasteiger partial charge on any atom is 0.284 e. The van der Waals surface area contributed by atoms with Crippen molar-refractivity contribution in [1.82, 2.24) is 43.9 Å². The molecule has 36 heavy (non-hydrogen) atoms. The van der Waals surface area contributed by atoms with Crippen LogP contribution >= 0.6 is 0 Å². The second-order valence-electron chi connectivity index (χ2n) is 9.11. The van der Waals surface area contributed by atoms with Crippen molar-refractivity contribution in [2.45, 2.75) is 45.7 Å². The molecule has 182 valence electrons. The van der Waals surface area contributed by atoms with Crippen LogP contribution in [0, 0.1) is 18.3 Å². The van der Waals surface area contributed by atoms with Crippen molar-refractivity contribution >= 4 is 22.8 Å². The van der Waals surface area contributed by atoms with Crippen molar-refractivity contribution in [3.05, 3.63) is 52.6 Å². The molecule has 0 atom stereocenters. The molecular weight excluding hydrogens is 458 g/mol. The minimum Gasteiger partial charge on any atom is -0.349 e. The van der Waals surface area contributed by atoms with Crippen molar-refractivity contribution in [2.24, 2.45) is 0 Å². The van der Waals surface area contributed by atoms with Gasteiger partial charge in [-0.05, 0) is 25.5 Å². The van der Waals surface area contributed by atoms with E-state index in [2.05, 4.69) is 41.7 Å². The predicted molar refractivity (Wildman–Crippen MR) is 133 cm³/mol. The summed E-state index contributed by atoms with van der Waals surface area (Å²) in [6, 6.07) is 5.81. The van der Waals surface area contributed by atoms with Gasteiger partial charge in [-0.1, -0.05) is 19.8 Å². The molecule has 1 aliphatic heterocycles. The molecule has 0 amide bonds. The minimum atomic E-state index is -0.151. The number of nitriles is 1. The van der Waals surface area contributed by atoms with E-state index < -0.39 is 0 Å². The summed E-state index contributed by atoms with van der Waals surface area (Å²) in [5, 5.41) is 22.1. The van der Waals surface area contributed by atoms with Crippen LogP contribution in [0.15, 0.2) is 35.5 Å². The zero-order valence-corrected chi connectivity index (χ0v) is 20.1. The van der Waals surface area contributed by atoms with Gasteiger partial charge in [-0.25, -0.2) is 14.4 Å². The van der Waals surface area contributed by atoms with Gasteiger partial charge in [0.05, 0.1) is 23.4 Å². The first-order valence-corrected chi connectivity index (χ1v) is 12.1. The van der Waals surface area contributed by atoms with Crippen molar-refractivity contribution in [3.8, 4) is 17.3 Å². The van der Waals surface area contributed by atoms with Gasteiger partial charge in [0.2, 0.25) is 11.7 Å². The molecule has 0 radical (unpaired) electrons. The molecule has 6 heterocycles. The fourth-order valence-electron chi connectivity index (χ4n) is 4.72. The highest BCUT2D eigenvalue weighted by Gasteiger charge is 2.31. The molecule has 1 fully saturated rings. The standard InChI is InChI=1S/C24H25N11O/c1-3-4-5-8-33-20-9-19(29-21(20)22(36)35-15(2)30-31-24(33)35)16-11-27-34(12-16)18-13-32(14-18)23-26-7-6-17(10-25)28-23/h6-7,9,11-12,18,29H,3-5,8,13-14H2,1-2H3. The van der Waals surface area contributed by atoms with Crippen LogP contribution < -0.4 is 10.5 Å². The van der Waals surface area contributed by atoms with Crippen LogP contribution in [0.2, 0.25) is 0 Å². The van der Waals surface area contributed by atoms with Crippen molar-refractivity contribution in [3.63, 3.8) is 0 Å². The van der Waals surface area contributed by atoms with E-state index in [-0.39, 0.29) is 11.6 Å². The maximum atomic E-state index is 13.3. The minimum absolute atomic E-state index is 0.151. The number of hydrogen-bond acceptors (Lipinski definition) is 8. The molecule has 5 aromatic rings. The Morgan fingerprint density at radius 2 is 2.11 bits per heavy atom. The van der Waals surface area contributed by atoms with Crippen molar-refractivity contribution in [1.29, 1.82) is 5.26 Å². The number of nitrogens with one attached hydrogen (secondary N) is 1. The number of unbranched alkanes of at least 4 members (excludes halogenated alkanes) is 2. The number of aromatic amines is 1. The summed E-state index contributed by atoms with van der Waals surface area (Å²) >= 11 is 0. The number of H-pyrrole nitrogens is 1. The van der Waals surface area contributed by atoms with Gasteiger partial charge >= 0.3 is 0 Å². The monoisotopic (exact) mass is 483 g/mol. The topological polar surface area (TPSA) is 139 Å². The molecule has 1 N–H and O–H groups in total. The molecule has 0 aliphatic carbocycles. The molecule has 1 saturated heterocycles. The number of hydrogen-bond donors (Lipinski definition) is 1. The summed E-state index contributed by atoms with van der Waals surface area (Å²) in [6.45, 7) is 6.13. The van der Waals surface area contributed by atoms with Gasteiger partial charge in [0.15, 0.2) is 0 Å². The highest BCUT2D eigenvalue weighted by atomic mass is 16.1. The summed E-state index contributed by atoms with van der Waals surface area (Å²) in [4.78, 5) is 27.1. The Labute approximate surface area is 205 Å². The summed E-state index contributed by atoms with van der Waals surface area (Å²) in [7, 11) is 0. The number of aromatic nitrogens is 9. The summed E-state index contributed by atoms with van der Waals surface area (Å²) in [5.41, 5.74) is 3.29. The van der Waals surface area contributed by atoms with Gasteiger partial charge in [0.25, 0.3) is 5.56 Å². The van der Waals surface area contributed by atoms with Crippen LogP contribution in [-0.2, 0) is 6.54 Å². The van der Waals surface area contributed by atoms with E-state index in [1.807, 2.05) is 34.1 Å². The van der Waals surface area contributed by atoms with E-state index in [1.165, 1.54) is 0 Å². The van der Waals surface area contributed by atoms with Gasteiger partial charge in [0.1, 0.15) is 23.1 Å². The number of aryl methyl sites for hydroxylation is 2. The van der Waals surface area contributed by atoms with Gasteiger partial charge in [-0.3, -0.25) is 9.48 Å². The molecule has 5 aromatic heterocycles. The van der Waals surface area contributed by atoms with Crippen molar-refractivity contribution < 1.29 is 0 Å². The smallest absolute Gasteiger partial charge is 0.284 e. The highest BCUT2D eigenvalue weighted by molar-refractivity contribution is 5.83. The lowest BCUT2D eigenvalue weighted by atomic mass is 10.1. The van der Waals surface area contributed by atoms with E-state index in [4.69, 9.17) is 5.26 Å². The van der Waals surface area contributed by atoms with E-state index >= 15 is 0 Å². The Bertz CT molecular complexity index is 1680. The largest absolute Gasteiger partial charge is 0.349 e. The van der Waals surface area contributed by atoms with Gasteiger partial charge in [0, 0.05) is 37.6 Å². The maximum absolute atomic E-state index is 13.3. The quantitative estimate of drug-likeness (QED) is 0.348. The van der Waals surface area contributed by atoms with Crippen LogP contribution in [0.25, 0.3) is 28.1 Å². The second kappa shape index (κ2) is 8.60. The first-order valence-electron chi connectivity index (χ1n) is 12.1. The zero-order valence-electron chi connectivity index (χ0n) is 20.1. The summed E-state index contributed by atoms with van der Waals surface area (Å²) in [5.74, 6) is 1.70. The number of fused-ring (bicyclic) bond motifs is 2. The van der Waals surface area contributed by atoms with Crippen molar-refractivity contribution in [2.75, 3.05) is 18.0 Å². The van der Waals surface area contributed by atoms with Gasteiger partial charge in [-0.2, -0.15) is 10.4 Å². The Morgan fingerprint density at radius 3 is 2.92 bits per heavy atom. The van der Waals surface area contributed by atoms with E-state index in [9.17, 15) is 4.79 Å². The number of anilines is 1. The normalized spacial score (nSPS) is 14.0. The molecule has 0 unspecified atom stereocenters. The van der Waals surface area contributed by atoms with Crippen LogP contribution in [-0.4, -0.2) is 57.0 Å². The Morgan fingerprint density at radius 1 is 1.25 bits per heavy atom. The predicted octanol–water partition coefficient (Wildman–Crippen LogP) is 2.46. The average Bonchev–Trinajstić information content (AvgIpc) is 3.59. The summed E-state index contributed by atoms with van der Waals surface area (Å²) in [6.07, 6.45) is 8.60. The molecule has 6 rings (SSSR count). The van der Waals surface area contributed by atoms with Crippen LogP contribution in [0.5, 0.6) is 0 Å². The third-order valence-corrected chi connectivity index (χ3v) is 6.73. The first kappa shape index (κ1) is 22.0. The summed E-state index contributed by atoms with van der Waals surface area (Å²) < 4.78 is 5.58. The third kappa shape index (κ3) is 3.51. The van der Waals surface area contributed by atoms with E-state index in [1.54, 1.807) is 23.6 Å². The Balaban J connectivity index is 1.30. The van der Waals surface area contributed by atoms with Crippen LogP contribution in [0.1, 0.15) is 43.7 Å². The van der Waals surface area contributed by atoms with E-state index in [0.717, 1.165) is 42.6 Å². The third-order valence-electron chi connectivity index (χ3n) is 6.73. The number of rotatable bonds is 7. The fourth-order valence-corrected chi connectivity index (χ4v) is 4.72. The Hall–Kier alpha value is -4.53. The SMILES string of the molecule is CCCCCn1c2cc(-c3cnn(C4CN(c5nccc(C#N)n5)C4)c3)[nH]c2c(=O)n2c(C)nnc12. The van der Waals surface area contributed by atoms with E-state index in [0.29, 0.717) is 41.9 Å². The fraction of sp³-hybridized carbons (Fsp3) is 0.375. The first-order chi connectivity index (χ1) is 17.6. The molecule has 0 aromatic carbocycles. The molecule has 1 aliphatic rings. The molecule has 12 heteroatoms. The average molecular weight is 484 g/mol.